The van der Waals surface area contributed by atoms with Crippen molar-refractivity contribution in [3.63, 3.8) is 0 Å². The van der Waals surface area contributed by atoms with E-state index in [2.05, 4.69) is 17.2 Å². The number of hydrogen-bond donors (Lipinski definition) is 1. The van der Waals surface area contributed by atoms with Crippen LogP contribution < -0.4 is 14.8 Å². The Bertz CT molecular complexity index is 555. The van der Waals surface area contributed by atoms with Crippen LogP contribution in [0.4, 0.5) is 0 Å². The fourth-order valence-electron chi connectivity index (χ4n) is 1.91. The largest absolute Gasteiger partial charge is 0.493 e. The van der Waals surface area contributed by atoms with Crippen LogP contribution >= 0.6 is 11.3 Å². The molecule has 0 spiro atoms. The second-order valence-electron chi connectivity index (χ2n) is 4.38. The third kappa shape index (κ3) is 3.71. The first-order valence-corrected chi connectivity index (χ1v) is 7.53. The maximum atomic E-state index is 5.93. The SMILES string of the molecule is CCNCc1cccc(OC)c1OCc1csc(C)n1. The average Bonchev–Trinajstić information content (AvgIpc) is 2.88. The van der Waals surface area contributed by atoms with Gasteiger partial charge in [-0.1, -0.05) is 19.1 Å². The van der Waals surface area contributed by atoms with E-state index in [-0.39, 0.29) is 0 Å². The highest BCUT2D eigenvalue weighted by Crippen LogP contribution is 2.31. The van der Waals surface area contributed by atoms with Crippen LogP contribution in [0.15, 0.2) is 23.6 Å². The Hall–Kier alpha value is -1.59. The summed E-state index contributed by atoms with van der Waals surface area (Å²) in [7, 11) is 1.66. The van der Waals surface area contributed by atoms with E-state index in [1.54, 1.807) is 18.4 Å². The maximum Gasteiger partial charge on any atom is 0.166 e. The van der Waals surface area contributed by atoms with Crippen molar-refractivity contribution in [1.29, 1.82) is 0 Å². The van der Waals surface area contributed by atoms with Crippen molar-refractivity contribution in [2.45, 2.75) is 27.0 Å². The van der Waals surface area contributed by atoms with Gasteiger partial charge in [0.25, 0.3) is 0 Å². The Morgan fingerprint density at radius 1 is 1.35 bits per heavy atom. The molecule has 0 saturated carbocycles. The highest BCUT2D eigenvalue weighted by atomic mass is 32.1. The number of aryl methyl sites for hydroxylation is 1. The molecule has 4 nitrogen and oxygen atoms in total. The predicted molar refractivity (Wildman–Crippen MR) is 81.6 cm³/mol. The van der Waals surface area contributed by atoms with Crippen molar-refractivity contribution >= 4 is 11.3 Å². The predicted octanol–water partition coefficient (Wildman–Crippen LogP) is 3.15. The van der Waals surface area contributed by atoms with E-state index < -0.39 is 0 Å². The Balaban J connectivity index is 2.14. The van der Waals surface area contributed by atoms with Gasteiger partial charge in [-0.25, -0.2) is 4.98 Å². The van der Waals surface area contributed by atoms with Gasteiger partial charge < -0.3 is 14.8 Å². The second kappa shape index (κ2) is 7.26. The van der Waals surface area contributed by atoms with Crippen molar-refractivity contribution in [2.24, 2.45) is 0 Å². The monoisotopic (exact) mass is 292 g/mol. The molecular weight excluding hydrogens is 272 g/mol. The topological polar surface area (TPSA) is 43.4 Å². The minimum atomic E-state index is 0.462. The lowest BCUT2D eigenvalue weighted by Crippen LogP contribution is -2.13. The highest BCUT2D eigenvalue weighted by molar-refractivity contribution is 7.09. The molecule has 0 bridgehead atoms. The number of nitrogens with zero attached hydrogens (tertiary/aromatic N) is 1. The van der Waals surface area contributed by atoms with E-state index in [0.717, 1.165) is 40.9 Å². The molecule has 0 unspecified atom stereocenters. The van der Waals surface area contributed by atoms with Crippen LogP contribution in [0.25, 0.3) is 0 Å². The van der Waals surface area contributed by atoms with Gasteiger partial charge in [0.1, 0.15) is 6.61 Å². The van der Waals surface area contributed by atoms with Gasteiger partial charge in [0.05, 0.1) is 17.8 Å². The Morgan fingerprint density at radius 3 is 2.85 bits per heavy atom. The summed E-state index contributed by atoms with van der Waals surface area (Å²) in [6.07, 6.45) is 0. The Labute approximate surface area is 123 Å². The van der Waals surface area contributed by atoms with Crippen LogP contribution in [0, 0.1) is 6.92 Å². The summed E-state index contributed by atoms with van der Waals surface area (Å²) in [6, 6.07) is 5.94. The van der Waals surface area contributed by atoms with Crippen molar-refractivity contribution < 1.29 is 9.47 Å². The Morgan fingerprint density at radius 2 is 2.20 bits per heavy atom. The Kier molecular flexibility index (Phi) is 5.38. The molecule has 0 aliphatic heterocycles. The van der Waals surface area contributed by atoms with Crippen molar-refractivity contribution in [3.05, 3.63) is 39.8 Å². The van der Waals surface area contributed by atoms with Crippen molar-refractivity contribution in [3.8, 4) is 11.5 Å². The molecule has 0 aliphatic carbocycles. The van der Waals surface area contributed by atoms with Crippen LogP contribution in [0.2, 0.25) is 0 Å². The molecule has 2 rings (SSSR count). The normalized spacial score (nSPS) is 10.6. The third-order valence-corrected chi connectivity index (χ3v) is 3.70. The quantitative estimate of drug-likeness (QED) is 0.851. The molecule has 0 saturated heterocycles. The first-order valence-electron chi connectivity index (χ1n) is 6.65. The van der Waals surface area contributed by atoms with E-state index in [1.807, 2.05) is 30.5 Å². The fourth-order valence-corrected chi connectivity index (χ4v) is 2.50. The minimum Gasteiger partial charge on any atom is -0.493 e. The summed E-state index contributed by atoms with van der Waals surface area (Å²) in [5.74, 6) is 1.55. The number of hydrogen-bond acceptors (Lipinski definition) is 5. The molecule has 0 radical (unpaired) electrons. The lowest BCUT2D eigenvalue weighted by molar-refractivity contribution is 0.277. The van der Waals surface area contributed by atoms with Gasteiger partial charge in [-0.15, -0.1) is 11.3 Å². The standard InChI is InChI=1S/C15H20N2O2S/c1-4-16-8-12-6-5-7-14(18-3)15(12)19-9-13-10-20-11(2)17-13/h5-7,10,16H,4,8-9H2,1-3H3. The number of ether oxygens (including phenoxy) is 2. The summed E-state index contributed by atoms with van der Waals surface area (Å²) in [5, 5.41) is 6.38. The van der Waals surface area contributed by atoms with E-state index in [0.29, 0.717) is 6.61 Å². The molecule has 1 heterocycles. The number of nitrogens with one attached hydrogen (secondary N) is 1. The summed E-state index contributed by atoms with van der Waals surface area (Å²) in [6.45, 7) is 6.22. The van der Waals surface area contributed by atoms with E-state index >= 15 is 0 Å². The molecule has 1 aromatic carbocycles. The first kappa shape index (κ1) is 14.8. The fraction of sp³-hybridized carbons (Fsp3) is 0.400. The summed E-state index contributed by atoms with van der Waals surface area (Å²) in [5.41, 5.74) is 2.05. The first-order chi connectivity index (χ1) is 9.74. The number of aromatic nitrogens is 1. The zero-order valence-electron chi connectivity index (χ0n) is 12.1. The minimum absolute atomic E-state index is 0.462. The average molecular weight is 292 g/mol. The van der Waals surface area contributed by atoms with Crippen molar-refractivity contribution in [2.75, 3.05) is 13.7 Å². The number of benzene rings is 1. The molecule has 0 aliphatic rings. The van der Waals surface area contributed by atoms with Crippen LogP contribution in [0.5, 0.6) is 11.5 Å². The lowest BCUT2D eigenvalue weighted by atomic mass is 10.2. The van der Waals surface area contributed by atoms with Gasteiger partial charge >= 0.3 is 0 Å². The molecule has 5 heteroatoms. The van der Waals surface area contributed by atoms with Gasteiger partial charge in [0, 0.05) is 17.5 Å². The third-order valence-electron chi connectivity index (χ3n) is 2.88. The molecule has 0 amide bonds. The van der Waals surface area contributed by atoms with Crippen LogP contribution in [0.3, 0.4) is 0 Å². The molecule has 1 N–H and O–H groups in total. The maximum absolute atomic E-state index is 5.93. The molecule has 20 heavy (non-hydrogen) atoms. The number of para-hydroxylation sites is 1. The highest BCUT2D eigenvalue weighted by Gasteiger charge is 2.11. The smallest absolute Gasteiger partial charge is 0.166 e. The molecule has 2 aromatic rings. The number of thiazole rings is 1. The van der Waals surface area contributed by atoms with E-state index in [4.69, 9.17) is 9.47 Å². The lowest BCUT2D eigenvalue weighted by Gasteiger charge is -2.14. The second-order valence-corrected chi connectivity index (χ2v) is 5.44. The van der Waals surface area contributed by atoms with Crippen LogP contribution in [0.1, 0.15) is 23.2 Å². The van der Waals surface area contributed by atoms with Gasteiger partial charge in [-0.3, -0.25) is 0 Å². The molecular formula is C15H20N2O2S. The summed E-state index contributed by atoms with van der Waals surface area (Å²) < 4.78 is 11.3. The van der Waals surface area contributed by atoms with Crippen LogP contribution in [-0.4, -0.2) is 18.6 Å². The van der Waals surface area contributed by atoms with Crippen LogP contribution in [-0.2, 0) is 13.2 Å². The van der Waals surface area contributed by atoms with Gasteiger partial charge in [0.2, 0.25) is 0 Å². The van der Waals surface area contributed by atoms with Gasteiger partial charge in [-0.2, -0.15) is 0 Å². The van der Waals surface area contributed by atoms with E-state index in [1.165, 1.54) is 0 Å². The molecule has 1 aromatic heterocycles. The molecule has 0 atom stereocenters. The number of rotatable bonds is 7. The van der Waals surface area contributed by atoms with Gasteiger partial charge in [0.15, 0.2) is 11.5 Å². The van der Waals surface area contributed by atoms with Crippen molar-refractivity contribution in [1.82, 2.24) is 10.3 Å². The summed E-state index contributed by atoms with van der Waals surface area (Å²) in [4.78, 5) is 4.41. The molecule has 0 fully saturated rings. The van der Waals surface area contributed by atoms with Gasteiger partial charge in [-0.05, 0) is 19.5 Å². The summed E-state index contributed by atoms with van der Waals surface area (Å²) >= 11 is 1.63. The van der Waals surface area contributed by atoms with E-state index in [9.17, 15) is 0 Å². The zero-order chi connectivity index (χ0) is 14.4. The molecule has 108 valence electrons. The number of methoxy groups -OCH3 is 1. The zero-order valence-corrected chi connectivity index (χ0v) is 12.9.